The van der Waals surface area contributed by atoms with Crippen molar-refractivity contribution in [1.29, 1.82) is 0 Å². The molecule has 0 radical (unpaired) electrons. The lowest BCUT2D eigenvalue weighted by molar-refractivity contribution is -0.143. The highest BCUT2D eigenvalue weighted by Crippen LogP contribution is 2.30. The van der Waals surface area contributed by atoms with Crippen LogP contribution >= 0.6 is 15.9 Å². The molecule has 0 spiro atoms. The molecule has 238 valence electrons. The van der Waals surface area contributed by atoms with Gasteiger partial charge in [-0.15, -0.1) is 0 Å². The van der Waals surface area contributed by atoms with Gasteiger partial charge in [-0.1, -0.05) is 48.8 Å². The molecule has 0 saturated carbocycles. The van der Waals surface area contributed by atoms with E-state index in [-0.39, 0.29) is 25.0 Å². The average Bonchev–Trinajstić information content (AvgIpc) is 3.38. The Balaban J connectivity index is 1.66. The highest BCUT2D eigenvalue weighted by Gasteiger charge is 2.29. The molecule has 1 heterocycles. The Morgan fingerprint density at radius 2 is 1.77 bits per heavy atom. The number of ether oxygens (including phenoxy) is 2. The second-order valence-corrected chi connectivity index (χ2v) is 13.3. The van der Waals surface area contributed by atoms with Crippen molar-refractivity contribution < 1.29 is 28.7 Å². The van der Waals surface area contributed by atoms with E-state index in [1.165, 1.54) is 4.90 Å². The van der Waals surface area contributed by atoms with Gasteiger partial charge in [0.25, 0.3) is 5.91 Å². The first-order valence-corrected chi connectivity index (χ1v) is 15.3. The van der Waals surface area contributed by atoms with Gasteiger partial charge in [0.1, 0.15) is 5.60 Å². The molecule has 2 aromatic rings. The molecule has 0 aliphatic carbocycles. The van der Waals surface area contributed by atoms with Crippen molar-refractivity contribution in [2.75, 3.05) is 31.6 Å². The standard InChI is InChI=1S/C32H42BrN5O6/c1-8-43-27(40)18-25(21-14-22(31(2,3)4)17-23(33)15-21)37-26(39)19-35-28(41)20-10-9-11-24(16-20)36-29-34-12-13-38(29)30(42)44-32(5,6)7/h9-11,14-17,25H,8,12-13,18-19H2,1-7H3,(H,34,36)(H,35,41)(H,37,39)/t25-/m0/s1. The van der Waals surface area contributed by atoms with E-state index >= 15 is 0 Å². The third kappa shape index (κ3) is 10.4. The van der Waals surface area contributed by atoms with Crippen LogP contribution in [0.5, 0.6) is 0 Å². The molecule has 0 aromatic heterocycles. The third-order valence-electron chi connectivity index (χ3n) is 6.44. The normalized spacial score (nSPS) is 13.9. The summed E-state index contributed by atoms with van der Waals surface area (Å²) in [7, 11) is 0. The fraction of sp³-hybridized carbons (Fsp3) is 0.469. The van der Waals surface area contributed by atoms with Crippen molar-refractivity contribution in [3.63, 3.8) is 0 Å². The van der Waals surface area contributed by atoms with Gasteiger partial charge in [0, 0.05) is 15.7 Å². The lowest BCUT2D eigenvalue weighted by Crippen LogP contribution is -2.41. The lowest BCUT2D eigenvalue weighted by Gasteiger charge is -2.25. The maximum Gasteiger partial charge on any atom is 0.417 e. The minimum Gasteiger partial charge on any atom is -0.466 e. The number of esters is 1. The molecule has 0 fully saturated rings. The number of halogens is 1. The van der Waals surface area contributed by atoms with Gasteiger partial charge in [0.2, 0.25) is 11.9 Å². The number of aliphatic imine (C=N–C) groups is 1. The maximum atomic E-state index is 13.0. The zero-order valence-corrected chi connectivity index (χ0v) is 28.0. The smallest absolute Gasteiger partial charge is 0.417 e. The summed E-state index contributed by atoms with van der Waals surface area (Å²) in [5.74, 6) is -1.06. The highest BCUT2D eigenvalue weighted by molar-refractivity contribution is 9.10. The molecule has 3 N–H and O–H groups in total. The number of nitrogens with one attached hydrogen (secondary N) is 3. The molecule has 0 unspecified atom stereocenters. The first-order chi connectivity index (χ1) is 20.6. The predicted molar refractivity (Wildman–Crippen MR) is 173 cm³/mol. The summed E-state index contributed by atoms with van der Waals surface area (Å²) in [6.07, 6.45) is -0.578. The van der Waals surface area contributed by atoms with Gasteiger partial charge in [-0.3, -0.25) is 19.4 Å². The zero-order valence-electron chi connectivity index (χ0n) is 26.4. The van der Waals surface area contributed by atoms with Crippen LogP contribution in [0.3, 0.4) is 0 Å². The van der Waals surface area contributed by atoms with Crippen LogP contribution in [0.4, 0.5) is 10.5 Å². The van der Waals surface area contributed by atoms with Crippen molar-refractivity contribution in [3.05, 3.63) is 63.6 Å². The summed E-state index contributed by atoms with van der Waals surface area (Å²) in [5, 5.41) is 8.59. The Hall–Kier alpha value is -3.93. The van der Waals surface area contributed by atoms with Crippen molar-refractivity contribution in [2.45, 2.75) is 71.9 Å². The third-order valence-corrected chi connectivity index (χ3v) is 6.90. The maximum absolute atomic E-state index is 13.0. The molecule has 0 bridgehead atoms. The van der Waals surface area contributed by atoms with Crippen LogP contribution in [0, 0.1) is 0 Å². The van der Waals surface area contributed by atoms with E-state index in [1.807, 2.05) is 18.2 Å². The largest absolute Gasteiger partial charge is 0.466 e. The molecule has 0 saturated heterocycles. The minimum atomic E-state index is -0.662. The molecule has 3 amide bonds. The first kappa shape index (κ1) is 34.6. The summed E-state index contributed by atoms with van der Waals surface area (Å²) in [6, 6.07) is 11.8. The number of benzene rings is 2. The summed E-state index contributed by atoms with van der Waals surface area (Å²) < 4.78 is 11.4. The Morgan fingerprint density at radius 1 is 1.05 bits per heavy atom. The quantitative estimate of drug-likeness (QED) is 0.307. The van der Waals surface area contributed by atoms with Crippen LogP contribution in [0.2, 0.25) is 0 Å². The van der Waals surface area contributed by atoms with Crippen molar-refractivity contribution in [1.82, 2.24) is 15.5 Å². The molecule has 1 atom stereocenters. The Labute approximate surface area is 267 Å². The van der Waals surface area contributed by atoms with E-state index < -0.39 is 35.5 Å². The number of nitrogens with zero attached hydrogens (tertiary/aromatic N) is 2. The van der Waals surface area contributed by atoms with Gasteiger partial charge >= 0.3 is 12.1 Å². The van der Waals surface area contributed by atoms with Crippen LogP contribution < -0.4 is 16.0 Å². The summed E-state index contributed by atoms with van der Waals surface area (Å²) in [6.45, 7) is 14.0. The van der Waals surface area contributed by atoms with E-state index in [0.717, 1.165) is 15.6 Å². The van der Waals surface area contributed by atoms with Gasteiger partial charge in [0.05, 0.1) is 38.7 Å². The number of hydrogen-bond donors (Lipinski definition) is 3. The van der Waals surface area contributed by atoms with Crippen molar-refractivity contribution in [2.24, 2.45) is 4.99 Å². The van der Waals surface area contributed by atoms with E-state index in [0.29, 0.717) is 30.3 Å². The number of guanidine groups is 1. The number of carbonyl (C=O) groups is 4. The SMILES string of the molecule is CCOC(=O)C[C@H](NC(=O)CNC(=O)c1cccc(NC2=NCCN2C(=O)OC(C)(C)C)c1)c1cc(Br)cc(C(C)(C)C)c1. The molecule has 1 aliphatic rings. The molecular formula is C32H42BrN5O6. The molecule has 11 nitrogen and oxygen atoms in total. The van der Waals surface area contributed by atoms with Crippen LogP contribution in [0.15, 0.2) is 51.9 Å². The Bertz CT molecular complexity index is 1410. The fourth-order valence-corrected chi connectivity index (χ4v) is 4.82. The van der Waals surface area contributed by atoms with Gasteiger partial charge in [0.15, 0.2) is 0 Å². The number of rotatable bonds is 9. The lowest BCUT2D eigenvalue weighted by atomic mass is 9.85. The summed E-state index contributed by atoms with van der Waals surface area (Å²) in [4.78, 5) is 56.7. The topological polar surface area (TPSA) is 138 Å². The van der Waals surface area contributed by atoms with E-state index in [4.69, 9.17) is 9.47 Å². The number of carbonyl (C=O) groups excluding carboxylic acids is 4. The minimum absolute atomic E-state index is 0.0640. The fourth-order valence-electron chi connectivity index (χ4n) is 4.31. The monoisotopic (exact) mass is 671 g/mol. The number of amides is 3. The second-order valence-electron chi connectivity index (χ2n) is 12.4. The van der Waals surface area contributed by atoms with Crippen LogP contribution in [0.25, 0.3) is 0 Å². The number of anilines is 1. The van der Waals surface area contributed by atoms with Gasteiger partial charge in [-0.2, -0.15) is 0 Å². The average molecular weight is 673 g/mol. The molecule has 44 heavy (non-hydrogen) atoms. The molecule has 12 heteroatoms. The zero-order chi connectivity index (χ0) is 32.7. The van der Waals surface area contributed by atoms with E-state index in [9.17, 15) is 19.2 Å². The van der Waals surface area contributed by atoms with Gasteiger partial charge < -0.3 is 25.4 Å². The molecular weight excluding hydrogens is 630 g/mol. The molecule has 2 aromatic carbocycles. The Morgan fingerprint density at radius 3 is 2.43 bits per heavy atom. The van der Waals surface area contributed by atoms with Crippen molar-refractivity contribution >= 4 is 51.5 Å². The summed E-state index contributed by atoms with van der Waals surface area (Å²) >= 11 is 3.54. The Kier molecular flexibility index (Phi) is 11.5. The number of hydrogen-bond acceptors (Lipinski definition) is 8. The van der Waals surface area contributed by atoms with Gasteiger partial charge in [-0.25, -0.2) is 9.69 Å². The second kappa shape index (κ2) is 14.7. The van der Waals surface area contributed by atoms with Crippen molar-refractivity contribution in [3.8, 4) is 0 Å². The summed E-state index contributed by atoms with van der Waals surface area (Å²) in [5.41, 5.74) is 1.80. The molecule has 1 aliphatic heterocycles. The highest BCUT2D eigenvalue weighted by atomic mass is 79.9. The first-order valence-electron chi connectivity index (χ1n) is 14.5. The van der Waals surface area contributed by atoms with E-state index in [1.54, 1.807) is 52.0 Å². The van der Waals surface area contributed by atoms with E-state index in [2.05, 4.69) is 57.6 Å². The predicted octanol–water partition coefficient (Wildman–Crippen LogP) is 5.31. The van der Waals surface area contributed by atoms with Crippen LogP contribution in [-0.4, -0.2) is 66.6 Å². The molecule has 3 rings (SSSR count). The van der Waals surface area contributed by atoms with Crippen LogP contribution in [-0.2, 0) is 24.5 Å². The van der Waals surface area contributed by atoms with Gasteiger partial charge in [-0.05, 0) is 74.6 Å². The van der Waals surface area contributed by atoms with Crippen LogP contribution in [0.1, 0.15) is 82.4 Å².